The van der Waals surface area contributed by atoms with Crippen LogP contribution < -0.4 is 10.2 Å². The molecule has 0 aliphatic carbocycles. The number of hydrogen-bond acceptors (Lipinski definition) is 4. The molecule has 1 saturated heterocycles. The molecular weight excluding hydrogens is 263 g/mol. The first-order chi connectivity index (χ1) is 9.23. The Morgan fingerprint density at radius 2 is 2.00 bits per heavy atom. The lowest BCUT2D eigenvalue weighted by Crippen LogP contribution is -2.64. The van der Waals surface area contributed by atoms with Gasteiger partial charge >= 0.3 is 0 Å². The van der Waals surface area contributed by atoms with E-state index < -0.39 is 23.2 Å². The average molecular weight is 278 g/mol. The first-order valence-corrected chi connectivity index (χ1v) is 6.16. The molecule has 0 aromatic heterocycles. The highest BCUT2D eigenvalue weighted by molar-refractivity contribution is 6.08. The number of anilines is 1. The summed E-state index contributed by atoms with van der Waals surface area (Å²) in [5, 5.41) is 2.25. The Balaban J connectivity index is 2.57. The van der Waals surface area contributed by atoms with E-state index in [2.05, 4.69) is 5.32 Å². The molecule has 20 heavy (non-hydrogen) atoms. The molecule has 0 spiro atoms. The first kappa shape index (κ1) is 14.2. The van der Waals surface area contributed by atoms with Gasteiger partial charge in [0, 0.05) is 11.3 Å². The van der Waals surface area contributed by atoms with Gasteiger partial charge in [-0.05, 0) is 39.0 Å². The van der Waals surface area contributed by atoms with Crippen molar-refractivity contribution in [3.63, 3.8) is 0 Å². The fourth-order valence-electron chi connectivity index (χ4n) is 2.19. The van der Waals surface area contributed by atoms with Crippen molar-refractivity contribution in [1.82, 2.24) is 5.32 Å². The molecule has 6 heteroatoms. The van der Waals surface area contributed by atoms with E-state index in [0.717, 1.165) is 6.07 Å². The Morgan fingerprint density at radius 1 is 1.35 bits per heavy atom. The second-order valence-corrected chi connectivity index (χ2v) is 5.24. The van der Waals surface area contributed by atoms with Gasteiger partial charge in [-0.15, -0.1) is 0 Å². The molecule has 5 nitrogen and oxygen atoms in total. The summed E-state index contributed by atoms with van der Waals surface area (Å²) in [5.74, 6) is -1.76. The van der Waals surface area contributed by atoms with Crippen molar-refractivity contribution in [3.05, 3.63) is 29.6 Å². The number of nitrogens with one attached hydrogen (secondary N) is 1. The van der Waals surface area contributed by atoms with Gasteiger partial charge in [0.25, 0.3) is 5.91 Å². The SMILES string of the molecule is CC(=O)c1cc(F)ccc1N1CC(=O)NC(=O)C1(C)C. The Labute approximate surface area is 115 Å². The maximum Gasteiger partial charge on any atom is 0.251 e. The highest BCUT2D eigenvalue weighted by atomic mass is 19.1. The van der Waals surface area contributed by atoms with E-state index in [1.54, 1.807) is 13.8 Å². The third-order valence-electron chi connectivity index (χ3n) is 3.41. The van der Waals surface area contributed by atoms with E-state index in [1.165, 1.54) is 24.0 Å². The van der Waals surface area contributed by atoms with Crippen LogP contribution in [0.5, 0.6) is 0 Å². The molecule has 1 N–H and O–H groups in total. The number of rotatable bonds is 2. The standard InChI is InChI=1S/C14H15FN2O3/c1-8(18)10-6-9(15)4-5-11(10)17-7-12(19)16-13(20)14(17,2)3/h4-6H,7H2,1-3H3,(H,16,19,20). The highest BCUT2D eigenvalue weighted by Gasteiger charge is 2.41. The van der Waals surface area contributed by atoms with Gasteiger partial charge in [-0.2, -0.15) is 0 Å². The largest absolute Gasteiger partial charge is 0.347 e. The molecule has 0 saturated carbocycles. The van der Waals surface area contributed by atoms with Crippen molar-refractivity contribution in [2.75, 3.05) is 11.4 Å². The van der Waals surface area contributed by atoms with Crippen LogP contribution >= 0.6 is 0 Å². The van der Waals surface area contributed by atoms with Crippen LogP contribution in [0.1, 0.15) is 31.1 Å². The Bertz CT molecular complexity index is 610. The molecule has 1 aliphatic heterocycles. The van der Waals surface area contributed by atoms with Crippen molar-refractivity contribution in [2.45, 2.75) is 26.3 Å². The predicted molar refractivity (Wildman–Crippen MR) is 71.0 cm³/mol. The van der Waals surface area contributed by atoms with E-state index in [9.17, 15) is 18.8 Å². The summed E-state index contributed by atoms with van der Waals surface area (Å²) in [6.07, 6.45) is 0. The zero-order chi connectivity index (χ0) is 15.1. The smallest absolute Gasteiger partial charge is 0.251 e. The summed E-state index contributed by atoms with van der Waals surface area (Å²) in [7, 11) is 0. The third kappa shape index (κ3) is 2.29. The maximum atomic E-state index is 13.3. The highest BCUT2D eigenvalue weighted by Crippen LogP contribution is 2.30. The van der Waals surface area contributed by atoms with Crippen LogP contribution in [0.2, 0.25) is 0 Å². The van der Waals surface area contributed by atoms with Crippen molar-refractivity contribution >= 4 is 23.3 Å². The van der Waals surface area contributed by atoms with Crippen molar-refractivity contribution in [2.24, 2.45) is 0 Å². The van der Waals surface area contributed by atoms with Gasteiger partial charge in [0.1, 0.15) is 11.4 Å². The Hall–Kier alpha value is -2.24. The summed E-state index contributed by atoms with van der Waals surface area (Å²) < 4.78 is 13.3. The number of benzene rings is 1. The monoisotopic (exact) mass is 278 g/mol. The van der Waals surface area contributed by atoms with E-state index >= 15 is 0 Å². The normalized spacial score (nSPS) is 17.9. The number of piperazine rings is 1. The van der Waals surface area contributed by atoms with Crippen LogP contribution in [0.4, 0.5) is 10.1 Å². The van der Waals surface area contributed by atoms with Gasteiger partial charge in [-0.3, -0.25) is 19.7 Å². The summed E-state index contributed by atoms with van der Waals surface area (Å²) in [5.41, 5.74) is -0.469. The average Bonchev–Trinajstić information content (AvgIpc) is 2.34. The van der Waals surface area contributed by atoms with E-state index in [0.29, 0.717) is 5.69 Å². The number of ketones is 1. The van der Waals surface area contributed by atoms with Crippen molar-refractivity contribution in [1.29, 1.82) is 0 Å². The third-order valence-corrected chi connectivity index (χ3v) is 3.41. The van der Waals surface area contributed by atoms with Crippen LogP contribution in [0.25, 0.3) is 0 Å². The Kier molecular flexibility index (Phi) is 3.33. The van der Waals surface area contributed by atoms with Crippen LogP contribution in [-0.4, -0.2) is 29.7 Å². The molecule has 1 fully saturated rings. The van der Waals surface area contributed by atoms with Crippen LogP contribution in [0.3, 0.4) is 0 Å². The number of nitrogens with zero attached hydrogens (tertiary/aromatic N) is 1. The molecule has 1 heterocycles. The zero-order valence-electron chi connectivity index (χ0n) is 11.5. The van der Waals surface area contributed by atoms with E-state index in [1.807, 2.05) is 0 Å². The molecule has 1 aromatic carbocycles. The molecule has 1 aromatic rings. The number of carbonyl (C=O) groups is 3. The molecule has 0 unspecified atom stereocenters. The minimum absolute atomic E-state index is 0.0648. The predicted octanol–water partition coefficient (Wildman–Crippen LogP) is 1.27. The zero-order valence-corrected chi connectivity index (χ0v) is 11.5. The Morgan fingerprint density at radius 3 is 2.60 bits per heavy atom. The van der Waals surface area contributed by atoms with Gasteiger partial charge in [-0.1, -0.05) is 0 Å². The van der Waals surface area contributed by atoms with Crippen molar-refractivity contribution in [3.8, 4) is 0 Å². The van der Waals surface area contributed by atoms with E-state index in [-0.39, 0.29) is 17.9 Å². The van der Waals surface area contributed by atoms with Crippen LogP contribution in [0.15, 0.2) is 18.2 Å². The van der Waals surface area contributed by atoms with Crippen LogP contribution in [0, 0.1) is 5.82 Å². The summed E-state index contributed by atoms with van der Waals surface area (Å²) in [6, 6.07) is 3.74. The molecule has 0 radical (unpaired) electrons. The molecule has 0 bridgehead atoms. The molecule has 2 rings (SSSR count). The maximum absolute atomic E-state index is 13.3. The van der Waals surface area contributed by atoms with Gasteiger partial charge in [0.15, 0.2) is 5.78 Å². The second-order valence-electron chi connectivity index (χ2n) is 5.24. The minimum atomic E-state index is -1.00. The number of hydrogen-bond donors (Lipinski definition) is 1. The lowest BCUT2D eigenvalue weighted by molar-refractivity contribution is -0.135. The summed E-state index contributed by atoms with van der Waals surface area (Å²) in [4.78, 5) is 36.7. The lowest BCUT2D eigenvalue weighted by Gasteiger charge is -2.42. The van der Waals surface area contributed by atoms with Crippen molar-refractivity contribution < 1.29 is 18.8 Å². The fraction of sp³-hybridized carbons (Fsp3) is 0.357. The molecule has 106 valence electrons. The van der Waals surface area contributed by atoms with Gasteiger partial charge < -0.3 is 4.90 Å². The van der Waals surface area contributed by atoms with E-state index in [4.69, 9.17) is 0 Å². The lowest BCUT2D eigenvalue weighted by atomic mass is 9.95. The number of amides is 2. The number of Topliss-reactive ketones (excluding diaryl/α,β-unsaturated/α-hetero) is 1. The van der Waals surface area contributed by atoms with Gasteiger partial charge in [-0.25, -0.2) is 4.39 Å². The summed E-state index contributed by atoms with van der Waals surface area (Å²) >= 11 is 0. The summed E-state index contributed by atoms with van der Waals surface area (Å²) in [6.45, 7) is 4.53. The van der Waals surface area contributed by atoms with Gasteiger partial charge in [0.2, 0.25) is 5.91 Å². The fourth-order valence-corrected chi connectivity index (χ4v) is 2.19. The molecule has 0 atom stereocenters. The van der Waals surface area contributed by atoms with Gasteiger partial charge in [0.05, 0.1) is 6.54 Å². The molecule has 2 amide bonds. The number of imide groups is 1. The minimum Gasteiger partial charge on any atom is -0.347 e. The molecule has 1 aliphatic rings. The molecular formula is C14H15FN2O3. The van der Waals surface area contributed by atoms with Crippen LogP contribution in [-0.2, 0) is 9.59 Å². The second kappa shape index (κ2) is 4.70. The number of halogens is 1. The topological polar surface area (TPSA) is 66.5 Å². The quantitative estimate of drug-likeness (QED) is 0.653. The first-order valence-electron chi connectivity index (χ1n) is 6.16. The number of carbonyl (C=O) groups excluding carboxylic acids is 3.